The highest BCUT2D eigenvalue weighted by Gasteiger charge is 2.13. The zero-order valence-corrected chi connectivity index (χ0v) is 9.85. The monoisotopic (exact) mass is 235 g/mol. The van der Waals surface area contributed by atoms with Gasteiger partial charge in [-0.25, -0.2) is 0 Å². The summed E-state index contributed by atoms with van der Waals surface area (Å²) in [7, 11) is 3.17. The first kappa shape index (κ1) is 11.3. The molecule has 0 saturated carbocycles. The minimum absolute atomic E-state index is 0.0347. The number of aromatic nitrogens is 2. The van der Waals surface area contributed by atoms with Crippen LogP contribution in [0.4, 0.5) is 6.01 Å². The summed E-state index contributed by atoms with van der Waals surface area (Å²) in [5.41, 5.74) is 7.04. The van der Waals surface area contributed by atoms with E-state index in [0.717, 1.165) is 11.1 Å². The van der Waals surface area contributed by atoms with Gasteiger partial charge in [-0.2, -0.15) is 0 Å². The fourth-order valence-corrected chi connectivity index (χ4v) is 1.63. The maximum Gasteiger partial charge on any atom is 0.313 e. The lowest BCUT2D eigenvalue weighted by molar-refractivity contribution is 0.353. The number of nitrogen functional groups attached to an aromatic ring is 1. The first-order valence-electron chi connectivity index (χ1n) is 4.97. The van der Waals surface area contributed by atoms with Gasteiger partial charge in [0.2, 0.25) is 5.89 Å². The number of hydrogen-bond acceptors (Lipinski definition) is 6. The minimum Gasteiger partial charge on any atom is -0.493 e. The van der Waals surface area contributed by atoms with E-state index in [0.29, 0.717) is 17.4 Å². The van der Waals surface area contributed by atoms with Crippen LogP contribution in [-0.2, 0) is 0 Å². The number of hydrogen-bond donors (Lipinski definition) is 1. The van der Waals surface area contributed by atoms with Gasteiger partial charge in [-0.3, -0.25) is 0 Å². The van der Waals surface area contributed by atoms with Crippen LogP contribution in [0, 0.1) is 6.92 Å². The van der Waals surface area contributed by atoms with Crippen molar-refractivity contribution in [2.45, 2.75) is 6.92 Å². The molecule has 2 aromatic rings. The van der Waals surface area contributed by atoms with Gasteiger partial charge < -0.3 is 19.6 Å². The van der Waals surface area contributed by atoms with Crippen LogP contribution >= 0.6 is 0 Å². The summed E-state index contributed by atoms with van der Waals surface area (Å²) in [5, 5.41) is 7.43. The first-order chi connectivity index (χ1) is 8.15. The molecule has 0 aliphatic rings. The zero-order valence-electron chi connectivity index (χ0n) is 9.85. The molecule has 2 rings (SSSR count). The van der Waals surface area contributed by atoms with Crippen molar-refractivity contribution in [3.8, 4) is 23.0 Å². The number of ether oxygens (including phenoxy) is 2. The van der Waals surface area contributed by atoms with E-state index in [2.05, 4.69) is 10.2 Å². The molecule has 2 N–H and O–H groups in total. The number of aryl methyl sites for hydroxylation is 1. The highest BCUT2D eigenvalue weighted by Crippen LogP contribution is 2.35. The van der Waals surface area contributed by atoms with E-state index >= 15 is 0 Å². The largest absolute Gasteiger partial charge is 0.493 e. The minimum atomic E-state index is 0.0347. The van der Waals surface area contributed by atoms with E-state index in [1.165, 1.54) is 0 Å². The standard InChI is InChI=1S/C11H13N3O3/c1-6-4-7(10-13-14-11(12)17-10)5-8(15-2)9(6)16-3/h4-5H,1-3H3,(H2,12,14). The molecule has 0 unspecified atom stereocenters. The number of nitrogens with zero attached hydrogens (tertiary/aromatic N) is 2. The lowest BCUT2D eigenvalue weighted by atomic mass is 10.1. The lowest BCUT2D eigenvalue weighted by Crippen LogP contribution is -1.94. The van der Waals surface area contributed by atoms with E-state index in [1.807, 2.05) is 13.0 Å². The second-order valence-corrected chi connectivity index (χ2v) is 3.47. The highest BCUT2D eigenvalue weighted by atomic mass is 16.5. The van der Waals surface area contributed by atoms with Gasteiger partial charge in [-0.15, -0.1) is 5.10 Å². The predicted molar refractivity (Wildman–Crippen MR) is 62.0 cm³/mol. The second kappa shape index (κ2) is 4.32. The van der Waals surface area contributed by atoms with Crippen LogP contribution in [0.15, 0.2) is 16.5 Å². The van der Waals surface area contributed by atoms with Crippen molar-refractivity contribution < 1.29 is 13.9 Å². The van der Waals surface area contributed by atoms with E-state index in [4.69, 9.17) is 19.6 Å². The molecule has 0 fully saturated rings. The predicted octanol–water partition coefficient (Wildman–Crippen LogP) is 1.64. The fraction of sp³-hybridized carbons (Fsp3) is 0.273. The number of benzene rings is 1. The molecule has 0 spiro atoms. The molecule has 0 aliphatic carbocycles. The average molecular weight is 235 g/mol. The van der Waals surface area contributed by atoms with Crippen molar-refractivity contribution in [2.75, 3.05) is 20.0 Å². The molecule has 6 heteroatoms. The normalized spacial score (nSPS) is 10.3. The Labute approximate surface area is 98.4 Å². The summed E-state index contributed by atoms with van der Waals surface area (Å²) >= 11 is 0. The molecule has 0 saturated heterocycles. The Morgan fingerprint density at radius 3 is 2.47 bits per heavy atom. The van der Waals surface area contributed by atoms with Crippen molar-refractivity contribution in [3.63, 3.8) is 0 Å². The molecule has 0 atom stereocenters. The summed E-state index contributed by atoms with van der Waals surface area (Å²) in [5.74, 6) is 1.65. The number of nitrogens with two attached hydrogens (primary N) is 1. The Bertz CT molecular complexity index is 537. The fourth-order valence-electron chi connectivity index (χ4n) is 1.63. The van der Waals surface area contributed by atoms with Crippen molar-refractivity contribution in [2.24, 2.45) is 0 Å². The van der Waals surface area contributed by atoms with Gasteiger partial charge in [-0.1, -0.05) is 5.10 Å². The van der Waals surface area contributed by atoms with Crippen LogP contribution in [-0.4, -0.2) is 24.4 Å². The second-order valence-electron chi connectivity index (χ2n) is 3.47. The van der Waals surface area contributed by atoms with Crippen molar-refractivity contribution in [1.82, 2.24) is 10.2 Å². The van der Waals surface area contributed by atoms with Crippen LogP contribution in [0.2, 0.25) is 0 Å². The molecule has 0 aliphatic heterocycles. The van der Waals surface area contributed by atoms with Gasteiger partial charge in [0, 0.05) is 5.56 Å². The SMILES string of the molecule is COc1cc(-c2nnc(N)o2)cc(C)c1OC. The third-order valence-electron chi connectivity index (χ3n) is 2.35. The maximum atomic E-state index is 5.38. The van der Waals surface area contributed by atoms with Gasteiger partial charge in [0.05, 0.1) is 14.2 Å². The summed E-state index contributed by atoms with van der Waals surface area (Å²) in [6.07, 6.45) is 0. The molecule has 1 heterocycles. The molecule has 90 valence electrons. The summed E-state index contributed by atoms with van der Waals surface area (Å²) in [4.78, 5) is 0. The lowest BCUT2D eigenvalue weighted by Gasteiger charge is -2.11. The molecule has 6 nitrogen and oxygen atoms in total. The molecule has 1 aromatic carbocycles. The van der Waals surface area contributed by atoms with Crippen LogP contribution in [0.25, 0.3) is 11.5 Å². The maximum absolute atomic E-state index is 5.38. The Balaban J connectivity index is 2.53. The van der Waals surface area contributed by atoms with Crippen LogP contribution in [0.3, 0.4) is 0 Å². The molecule has 0 radical (unpaired) electrons. The van der Waals surface area contributed by atoms with Crippen LogP contribution < -0.4 is 15.2 Å². The Morgan fingerprint density at radius 1 is 1.18 bits per heavy atom. The first-order valence-corrected chi connectivity index (χ1v) is 4.97. The van der Waals surface area contributed by atoms with Crippen molar-refractivity contribution in [1.29, 1.82) is 0 Å². The third kappa shape index (κ3) is 2.01. The molecule has 1 aromatic heterocycles. The van der Waals surface area contributed by atoms with Crippen molar-refractivity contribution >= 4 is 6.01 Å². The summed E-state index contributed by atoms with van der Waals surface area (Å²) in [6.45, 7) is 1.91. The van der Waals surface area contributed by atoms with Gasteiger partial charge in [0.15, 0.2) is 11.5 Å². The Hall–Kier alpha value is -2.24. The van der Waals surface area contributed by atoms with Gasteiger partial charge in [-0.05, 0) is 24.6 Å². The number of methoxy groups -OCH3 is 2. The van der Waals surface area contributed by atoms with Crippen LogP contribution in [0.1, 0.15) is 5.56 Å². The molecule has 0 bridgehead atoms. The summed E-state index contributed by atoms with van der Waals surface area (Å²) in [6, 6.07) is 3.67. The smallest absolute Gasteiger partial charge is 0.313 e. The van der Waals surface area contributed by atoms with Gasteiger partial charge >= 0.3 is 6.01 Å². The number of rotatable bonds is 3. The quantitative estimate of drug-likeness (QED) is 0.870. The van der Waals surface area contributed by atoms with Crippen LogP contribution in [0.5, 0.6) is 11.5 Å². The average Bonchev–Trinajstić information content (AvgIpc) is 2.74. The van der Waals surface area contributed by atoms with Gasteiger partial charge in [0.25, 0.3) is 0 Å². The zero-order chi connectivity index (χ0) is 12.4. The highest BCUT2D eigenvalue weighted by molar-refractivity contribution is 5.63. The molecule has 17 heavy (non-hydrogen) atoms. The summed E-state index contributed by atoms with van der Waals surface area (Å²) < 4.78 is 15.6. The Kier molecular flexibility index (Phi) is 2.86. The van der Waals surface area contributed by atoms with Gasteiger partial charge in [0.1, 0.15) is 0 Å². The van der Waals surface area contributed by atoms with Crippen molar-refractivity contribution in [3.05, 3.63) is 17.7 Å². The number of anilines is 1. The molecule has 0 amide bonds. The van der Waals surface area contributed by atoms with E-state index < -0.39 is 0 Å². The van der Waals surface area contributed by atoms with E-state index in [9.17, 15) is 0 Å². The Morgan fingerprint density at radius 2 is 1.94 bits per heavy atom. The molecular formula is C11H13N3O3. The third-order valence-corrected chi connectivity index (χ3v) is 2.35. The topological polar surface area (TPSA) is 83.4 Å². The molecular weight excluding hydrogens is 222 g/mol. The van der Waals surface area contributed by atoms with E-state index in [-0.39, 0.29) is 6.01 Å². The van der Waals surface area contributed by atoms with E-state index in [1.54, 1.807) is 20.3 Å².